The molecule has 2 aromatic carbocycles. The Labute approximate surface area is 185 Å². The van der Waals surface area contributed by atoms with Crippen molar-refractivity contribution in [2.24, 2.45) is 5.92 Å². The van der Waals surface area contributed by atoms with Gasteiger partial charge in [0.15, 0.2) is 23.1 Å². The van der Waals surface area contributed by atoms with Gasteiger partial charge in [0, 0.05) is 25.1 Å². The van der Waals surface area contributed by atoms with Gasteiger partial charge in [0.2, 0.25) is 15.9 Å². The Morgan fingerprint density at radius 2 is 1.72 bits per heavy atom. The number of carbonyl (C=O) groups is 1. The SMILES string of the molecule is CC(NC(=O)C1CCN(S(=O)(=O)c2ccc3c(c2)OCCO3)CC1)c1ccc(F)c(F)c1. The third kappa shape index (κ3) is 4.56. The molecule has 32 heavy (non-hydrogen) atoms. The van der Waals surface area contributed by atoms with Crippen LogP contribution in [-0.2, 0) is 14.8 Å². The summed E-state index contributed by atoms with van der Waals surface area (Å²) < 4.78 is 64.9. The summed E-state index contributed by atoms with van der Waals surface area (Å²) >= 11 is 0. The van der Waals surface area contributed by atoms with E-state index in [4.69, 9.17) is 9.47 Å². The number of rotatable bonds is 5. The van der Waals surface area contributed by atoms with Crippen molar-refractivity contribution in [2.75, 3.05) is 26.3 Å². The van der Waals surface area contributed by atoms with E-state index in [0.717, 1.165) is 12.1 Å². The summed E-state index contributed by atoms with van der Waals surface area (Å²) in [5, 5.41) is 2.81. The minimum atomic E-state index is -3.73. The Balaban J connectivity index is 1.37. The molecule has 2 aliphatic heterocycles. The highest BCUT2D eigenvalue weighted by molar-refractivity contribution is 7.89. The molecule has 172 valence electrons. The average molecular weight is 467 g/mol. The summed E-state index contributed by atoms with van der Waals surface area (Å²) in [6.07, 6.45) is 0.722. The number of nitrogens with one attached hydrogen (secondary N) is 1. The molecule has 1 atom stereocenters. The lowest BCUT2D eigenvalue weighted by molar-refractivity contribution is -0.126. The fourth-order valence-electron chi connectivity index (χ4n) is 3.89. The van der Waals surface area contributed by atoms with Crippen LogP contribution in [0.3, 0.4) is 0 Å². The highest BCUT2D eigenvalue weighted by Crippen LogP contribution is 2.34. The van der Waals surface area contributed by atoms with Crippen LogP contribution in [0, 0.1) is 17.6 Å². The van der Waals surface area contributed by atoms with Crippen LogP contribution >= 0.6 is 0 Å². The van der Waals surface area contributed by atoms with Gasteiger partial charge in [0.25, 0.3) is 0 Å². The number of piperidine rings is 1. The second-order valence-corrected chi connectivity index (χ2v) is 9.83. The van der Waals surface area contributed by atoms with Crippen LogP contribution in [0.5, 0.6) is 11.5 Å². The van der Waals surface area contributed by atoms with E-state index in [0.29, 0.717) is 43.1 Å². The van der Waals surface area contributed by atoms with Crippen LogP contribution in [-0.4, -0.2) is 44.9 Å². The molecule has 2 aliphatic rings. The highest BCUT2D eigenvalue weighted by atomic mass is 32.2. The van der Waals surface area contributed by atoms with Crippen molar-refractivity contribution < 1.29 is 31.5 Å². The van der Waals surface area contributed by atoms with E-state index in [9.17, 15) is 22.0 Å². The van der Waals surface area contributed by atoms with Gasteiger partial charge in [-0.3, -0.25) is 4.79 Å². The van der Waals surface area contributed by atoms with E-state index in [-0.39, 0.29) is 29.8 Å². The van der Waals surface area contributed by atoms with Crippen LogP contribution in [0.25, 0.3) is 0 Å². The van der Waals surface area contributed by atoms with Crippen LogP contribution < -0.4 is 14.8 Å². The molecule has 7 nitrogen and oxygen atoms in total. The van der Waals surface area contributed by atoms with Gasteiger partial charge >= 0.3 is 0 Å². The zero-order chi connectivity index (χ0) is 22.9. The maximum Gasteiger partial charge on any atom is 0.243 e. The Morgan fingerprint density at radius 1 is 1.03 bits per heavy atom. The Kier molecular flexibility index (Phi) is 6.34. The van der Waals surface area contributed by atoms with Crippen molar-refractivity contribution in [2.45, 2.75) is 30.7 Å². The summed E-state index contributed by atoms with van der Waals surface area (Å²) in [4.78, 5) is 12.8. The molecular formula is C22H24F2N2O5S. The van der Waals surface area contributed by atoms with Gasteiger partial charge in [-0.2, -0.15) is 4.31 Å². The predicted octanol–water partition coefficient (Wildman–Crippen LogP) is 3.01. The van der Waals surface area contributed by atoms with Crippen molar-refractivity contribution in [1.29, 1.82) is 0 Å². The van der Waals surface area contributed by atoms with Crippen LogP contribution in [0.15, 0.2) is 41.3 Å². The zero-order valence-electron chi connectivity index (χ0n) is 17.5. The summed E-state index contributed by atoms with van der Waals surface area (Å²) in [5.74, 6) is -1.60. The molecule has 0 bridgehead atoms. The monoisotopic (exact) mass is 466 g/mol. The molecule has 0 spiro atoms. The first-order chi connectivity index (χ1) is 15.3. The van der Waals surface area contributed by atoms with Gasteiger partial charge < -0.3 is 14.8 Å². The van der Waals surface area contributed by atoms with Crippen LogP contribution in [0.4, 0.5) is 8.78 Å². The lowest BCUT2D eigenvalue weighted by atomic mass is 9.96. The van der Waals surface area contributed by atoms with Gasteiger partial charge in [0.1, 0.15) is 13.2 Å². The van der Waals surface area contributed by atoms with Gasteiger partial charge in [-0.25, -0.2) is 17.2 Å². The number of nitrogens with zero attached hydrogens (tertiary/aromatic N) is 1. The number of amides is 1. The fraction of sp³-hybridized carbons (Fsp3) is 0.409. The summed E-state index contributed by atoms with van der Waals surface area (Å²) in [5.41, 5.74) is 0.455. The molecule has 0 aromatic heterocycles. The first kappa shape index (κ1) is 22.5. The molecule has 2 aromatic rings. The van der Waals surface area contributed by atoms with Crippen molar-refractivity contribution >= 4 is 15.9 Å². The standard InChI is InChI=1S/C22H24F2N2O5S/c1-14(16-2-4-18(23)19(24)12-16)25-22(27)15-6-8-26(9-7-15)32(28,29)17-3-5-20-21(13-17)31-11-10-30-20/h2-5,12-15H,6-11H2,1H3,(H,25,27). The number of hydrogen-bond donors (Lipinski definition) is 1. The molecule has 1 N–H and O–H groups in total. The number of fused-ring (bicyclic) bond motifs is 1. The summed E-state index contributed by atoms with van der Waals surface area (Å²) in [6, 6.07) is 7.54. The third-order valence-electron chi connectivity index (χ3n) is 5.78. The summed E-state index contributed by atoms with van der Waals surface area (Å²) in [6.45, 7) is 2.87. The molecule has 1 unspecified atom stereocenters. The molecule has 1 saturated heterocycles. The van der Waals surface area contributed by atoms with Gasteiger partial charge in [0.05, 0.1) is 10.9 Å². The number of sulfonamides is 1. The average Bonchev–Trinajstić information content (AvgIpc) is 2.80. The highest BCUT2D eigenvalue weighted by Gasteiger charge is 2.33. The molecule has 0 aliphatic carbocycles. The molecule has 2 heterocycles. The third-order valence-corrected chi connectivity index (χ3v) is 7.67. The van der Waals surface area contributed by atoms with Crippen LogP contribution in [0.2, 0.25) is 0 Å². The lowest BCUT2D eigenvalue weighted by Crippen LogP contribution is -2.43. The maximum atomic E-state index is 13.5. The van der Waals surface area contributed by atoms with Crippen molar-refractivity contribution in [1.82, 2.24) is 9.62 Å². The number of carbonyl (C=O) groups excluding carboxylic acids is 1. The lowest BCUT2D eigenvalue weighted by Gasteiger charge is -2.31. The topological polar surface area (TPSA) is 84.9 Å². The first-order valence-corrected chi connectivity index (χ1v) is 11.8. The van der Waals surface area contributed by atoms with E-state index in [1.165, 1.54) is 22.5 Å². The Morgan fingerprint density at radius 3 is 2.41 bits per heavy atom. The summed E-state index contributed by atoms with van der Waals surface area (Å²) in [7, 11) is -3.73. The van der Waals surface area contributed by atoms with Crippen molar-refractivity contribution in [3.63, 3.8) is 0 Å². The van der Waals surface area contributed by atoms with Crippen molar-refractivity contribution in [3.8, 4) is 11.5 Å². The van der Waals surface area contributed by atoms with E-state index >= 15 is 0 Å². The first-order valence-electron chi connectivity index (χ1n) is 10.4. The van der Waals surface area contributed by atoms with E-state index < -0.39 is 27.7 Å². The second kappa shape index (κ2) is 9.03. The molecular weight excluding hydrogens is 442 g/mol. The molecule has 0 saturated carbocycles. The Bertz CT molecular complexity index is 1120. The molecule has 1 fully saturated rings. The maximum absolute atomic E-state index is 13.5. The second-order valence-electron chi connectivity index (χ2n) is 7.89. The molecule has 0 radical (unpaired) electrons. The van der Waals surface area contributed by atoms with E-state index in [1.54, 1.807) is 13.0 Å². The van der Waals surface area contributed by atoms with Crippen molar-refractivity contribution in [3.05, 3.63) is 53.6 Å². The molecule has 10 heteroatoms. The zero-order valence-corrected chi connectivity index (χ0v) is 18.3. The predicted molar refractivity (Wildman–Crippen MR) is 112 cm³/mol. The van der Waals surface area contributed by atoms with E-state index in [2.05, 4.69) is 5.32 Å². The van der Waals surface area contributed by atoms with Gasteiger partial charge in [-0.15, -0.1) is 0 Å². The van der Waals surface area contributed by atoms with Gasteiger partial charge in [-0.1, -0.05) is 6.07 Å². The number of halogens is 2. The van der Waals surface area contributed by atoms with Crippen LogP contribution in [0.1, 0.15) is 31.4 Å². The van der Waals surface area contributed by atoms with E-state index in [1.807, 2.05) is 0 Å². The number of benzene rings is 2. The largest absolute Gasteiger partial charge is 0.486 e. The Hall–Kier alpha value is -2.72. The number of hydrogen-bond acceptors (Lipinski definition) is 5. The molecule has 1 amide bonds. The molecule has 4 rings (SSSR count). The number of ether oxygens (including phenoxy) is 2. The minimum Gasteiger partial charge on any atom is -0.486 e. The smallest absolute Gasteiger partial charge is 0.243 e. The quantitative estimate of drug-likeness (QED) is 0.732. The normalized spacial score (nSPS) is 18.2. The van der Waals surface area contributed by atoms with Gasteiger partial charge in [-0.05, 0) is 49.6 Å². The minimum absolute atomic E-state index is 0.122. The fourth-order valence-corrected chi connectivity index (χ4v) is 5.37.